The second kappa shape index (κ2) is 16.2. The van der Waals surface area contributed by atoms with Crippen LogP contribution >= 0.6 is 0 Å². The molecule has 0 unspecified atom stereocenters. The Morgan fingerprint density at radius 2 is 0.723 bits per heavy atom. The summed E-state index contributed by atoms with van der Waals surface area (Å²) in [4.78, 5) is 15.4. The number of hydrogen-bond donors (Lipinski definition) is 0. The summed E-state index contributed by atoms with van der Waals surface area (Å²) in [5.41, 5.74) is 15.8. The largest absolute Gasteiger partial charge is 0.456 e. The van der Waals surface area contributed by atoms with Crippen LogP contribution in [0.4, 0.5) is 0 Å². The predicted octanol–water partition coefficient (Wildman–Crippen LogP) is 16.3. The second-order valence-electron chi connectivity index (χ2n) is 16.3. The molecular formula is C61H39N3O. The second-order valence-corrected chi connectivity index (χ2v) is 16.3. The SMILES string of the molecule is c1ccc(-c2ccc(-c3nc(-c4ccc(-c5cccc6ccccc56)cc4)nc(-c4ccc5c(c4)oc4cccc(-c6ccc(-c7ccccc7)cc6-c6ccccc6)c45)n3)cc2)cc1. The summed E-state index contributed by atoms with van der Waals surface area (Å²) >= 11 is 0. The van der Waals surface area contributed by atoms with Crippen LogP contribution in [-0.4, -0.2) is 15.0 Å². The zero-order valence-electron chi connectivity index (χ0n) is 35.3. The van der Waals surface area contributed by atoms with E-state index >= 15 is 0 Å². The molecule has 304 valence electrons. The molecule has 0 amide bonds. The van der Waals surface area contributed by atoms with Gasteiger partial charge in [-0.1, -0.05) is 212 Å². The fourth-order valence-corrected chi connectivity index (χ4v) is 9.12. The van der Waals surface area contributed by atoms with Gasteiger partial charge in [0.05, 0.1) is 0 Å². The molecule has 0 fully saturated rings. The van der Waals surface area contributed by atoms with Crippen molar-refractivity contribution in [2.45, 2.75) is 0 Å². The lowest BCUT2D eigenvalue weighted by molar-refractivity contribution is 0.669. The maximum atomic E-state index is 6.71. The van der Waals surface area contributed by atoms with E-state index < -0.39 is 0 Å². The molecule has 10 aromatic carbocycles. The van der Waals surface area contributed by atoms with Crippen molar-refractivity contribution in [2.75, 3.05) is 0 Å². The summed E-state index contributed by atoms with van der Waals surface area (Å²) in [6, 6.07) is 83.0. The van der Waals surface area contributed by atoms with Crippen LogP contribution in [0.3, 0.4) is 0 Å². The standard InChI is InChI=1S/C61H39N3O/c1-4-14-40(15-5-1)42-26-30-46(31-27-42)59-62-60(47-32-28-45(29-33-47)51-23-12-21-43-20-10-11-22-50(43)51)64-61(63-59)49-35-37-54-57(39-49)65-56-25-13-24-53(58(54)56)52-36-34-48(41-16-6-2-7-17-41)38-55(52)44-18-8-3-9-19-44/h1-39H. The number of furan rings is 1. The molecule has 65 heavy (non-hydrogen) atoms. The van der Waals surface area contributed by atoms with Gasteiger partial charge in [0.15, 0.2) is 17.5 Å². The average molecular weight is 830 g/mol. The van der Waals surface area contributed by atoms with E-state index in [4.69, 9.17) is 19.4 Å². The van der Waals surface area contributed by atoms with Gasteiger partial charge in [-0.25, -0.2) is 15.0 Å². The zero-order chi connectivity index (χ0) is 43.1. The first kappa shape index (κ1) is 38.0. The lowest BCUT2D eigenvalue weighted by atomic mass is 9.89. The average Bonchev–Trinajstić information content (AvgIpc) is 3.77. The molecule has 0 spiro atoms. The Bertz CT molecular complexity index is 3670. The van der Waals surface area contributed by atoms with Crippen LogP contribution in [0, 0.1) is 0 Å². The Hall–Kier alpha value is -8.73. The highest BCUT2D eigenvalue weighted by Gasteiger charge is 2.19. The van der Waals surface area contributed by atoms with Crippen LogP contribution in [0.25, 0.3) is 123 Å². The van der Waals surface area contributed by atoms with Crippen LogP contribution in [0.15, 0.2) is 241 Å². The monoisotopic (exact) mass is 829 g/mol. The number of nitrogens with zero attached hydrogens (tertiary/aromatic N) is 3. The van der Waals surface area contributed by atoms with Gasteiger partial charge >= 0.3 is 0 Å². The minimum absolute atomic E-state index is 0.570. The Morgan fingerprint density at radius 3 is 1.42 bits per heavy atom. The van der Waals surface area contributed by atoms with Crippen molar-refractivity contribution in [3.63, 3.8) is 0 Å². The van der Waals surface area contributed by atoms with Crippen LogP contribution in [0.2, 0.25) is 0 Å². The Balaban J connectivity index is 0.973. The normalized spacial score (nSPS) is 11.4. The Kier molecular flexibility index (Phi) is 9.46. The molecule has 2 aromatic heterocycles. The molecule has 0 saturated carbocycles. The molecule has 12 aromatic rings. The fourth-order valence-electron chi connectivity index (χ4n) is 9.12. The van der Waals surface area contributed by atoms with E-state index in [0.717, 1.165) is 77.6 Å². The van der Waals surface area contributed by atoms with Gasteiger partial charge in [-0.15, -0.1) is 0 Å². The number of hydrogen-bond acceptors (Lipinski definition) is 4. The van der Waals surface area contributed by atoms with Crippen molar-refractivity contribution in [2.24, 2.45) is 0 Å². The Morgan fingerprint density at radius 1 is 0.246 bits per heavy atom. The van der Waals surface area contributed by atoms with Gasteiger partial charge in [-0.3, -0.25) is 0 Å². The quantitative estimate of drug-likeness (QED) is 0.153. The van der Waals surface area contributed by atoms with Crippen molar-refractivity contribution < 1.29 is 4.42 Å². The Labute approximate surface area is 376 Å². The van der Waals surface area contributed by atoms with Gasteiger partial charge in [-0.2, -0.15) is 0 Å². The highest BCUT2D eigenvalue weighted by Crippen LogP contribution is 2.43. The maximum absolute atomic E-state index is 6.71. The summed E-state index contributed by atoms with van der Waals surface area (Å²) in [7, 11) is 0. The van der Waals surface area contributed by atoms with Gasteiger partial charge in [0, 0.05) is 27.5 Å². The number of benzene rings is 10. The van der Waals surface area contributed by atoms with E-state index in [0.29, 0.717) is 17.5 Å². The number of aromatic nitrogens is 3. The van der Waals surface area contributed by atoms with E-state index in [2.05, 4.69) is 231 Å². The summed E-state index contributed by atoms with van der Waals surface area (Å²) in [6.07, 6.45) is 0. The summed E-state index contributed by atoms with van der Waals surface area (Å²) in [5, 5.41) is 4.53. The zero-order valence-corrected chi connectivity index (χ0v) is 35.3. The molecule has 12 rings (SSSR count). The van der Waals surface area contributed by atoms with E-state index in [1.54, 1.807) is 0 Å². The molecule has 0 bridgehead atoms. The molecular weight excluding hydrogens is 791 g/mol. The van der Waals surface area contributed by atoms with Gasteiger partial charge in [0.1, 0.15) is 11.2 Å². The minimum atomic E-state index is 0.570. The number of rotatable bonds is 8. The van der Waals surface area contributed by atoms with Crippen LogP contribution in [-0.2, 0) is 0 Å². The smallest absolute Gasteiger partial charge is 0.164 e. The molecule has 0 radical (unpaired) electrons. The molecule has 0 aliphatic rings. The van der Waals surface area contributed by atoms with Crippen LogP contribution < -0.4 is 0 Å². The maximum Gasteiger partial charge on any atom is 0.164 e. The van der Waals surface area contributed by atoms with Gasteiger partial charge in [0.25, 0.3) is 0 Å². The van der Waals surface area contributed by atoms with Crippen molar-refractivity contribution in [1.82, 2.24) is 15.0 Å². The van der Waals surface area contributed by atoms with Crippen molar-refractivity contribution in [3.05, 3.63) is 237 Å². The third-order valence-electron chi connectivity index (χ3n) is 12.4. The van der Waals surface area contributed by atoms with E-state index in [9.17, 15) is 0 Å². The lowest BCUT2D eigenvalue weighted by Gasteiger charge is -2.14. The van der Waals surface area contributed by atoms with E-state index in [1.165, 1.54) is 27.5 Å². The first-order valence-corrected chi connectivity index (χ1v) is 21.9. The van der Waals surface area contributed by atoms with E-state index in [1.807, 2.05) is 6.07 Å². The molecule has 0 aliphatic heterocycles. The van der Waals surface area contributed by atoms with E-state index in [-0.39, 0.29) is 0 Å². The molecule has 0 atom stereocenters. The molecule has 2 heterocycles. The van der Waals surface area contributed by atoms with Gasteiger partial charge < -0.3 is 4.42 Å². The van der Waals surface area contributed by atoms with Crippen molar-refractivity contribution in [1.29, 1.82) is 0 Å². The fraction of sp³-hybridized carbons (Fsp3) is 0. The number of fused-ring (bicyclic) bond motifs is 4. The molecule has 0 N–H and O–H groups in total. The lowest BCUT2D eigenvalue weighted by Crippen LogP contribution is -2.00. The summed E-state index contributed by atoms with van der Waals surface area (Å²) in [5.74, 6) is 1.77. The molecule has 0 saturated heterocycles. The molecule has 4 heteroatoms. The topological polar surface area (TPSA) is 51.8 Å². The van der Waals surface area contributed by atoms with Gasteiger partial charge in [0.2, 0.25) is 0 Å². The van der Waals surface area contributed by atoms with Gasteiger partial charge in [-0.05, 0) is 90.7 Å². The van der Waals surface area contributed by atoms with Crippen molar-refractivity contribution in [3.8, 4) is 89.8 Å². The summed E-state index contributed by atoms with van der Waals surface area (Å²) < 4.78 is 6.71. The summed E-state index contributed by atoms with van der Waals surface area (Å²) in [6.45, 7) is 0. The molecule has 4 nitrogen and oxygen atoms in total. The third kappa shape index (κ3) is 7.13. The first-order valence-electron chi connectivity index (χ1n) is 21.9. The van der Waals surface area contributed by atoms with Crippen LogP contribution in [0.1, 0.15) is 0 Å². The van der Waals surface area contributed by atoms with Crippen molar-refractivity contribution >= 4 is 32.7 Å². The highest BCUT2D eigenvalue weighted by atomic mass is 16.3. The third-order valence-corrected chi connectivity index (χ3v) is 12.4. The first-order chi connectivity index (χ1) is 32.2. The molecule has 0 aliphatic carbocycles. The van der Waals surface area contributed by atoms with Crippen LogP contribution in [0.5, 0.6) is 0 Å². The predicted molar refractivity (Wildman–Crippen MR) is 268 cm³/mol. The minimum Gasteiger partial charge on any atom is -0.456 e. The highest BCUT2D eigenvalue weighted by molar-refractivity contribution is 6.14.